The molecule has 2 heteroatoms. The number of carbonyl (C=O) groups excluding carboxylic acids is 1. The van der Waals surface area contributed by atoms with Crippen molar-refractivity contribution in [2.45, 2.75) is 33.1 Å². The highest BCUT2D eigenvalue weighted by atomic mass is 16.1. The number of rotatable bonds is 6. The fourth-order valence-electron chi connectivity index (χ4n) is 0.900. The minimum Gasteiger partial charge on any atom is -0.353 e. The first kappa shape index (κ1) is 11.9. The summed E-state index contributed by atoms with van der Waals surface area (Å²) < 4.78 is 0. The number of unbranched alkanes of at least 4 members (excludes halogenated alkanes) is 1. The molecule has 0 saturated carbocycles. The quantitative estimate of drug-likeness (QED) is 0.380. The zero-order valence-corrected chi connectivity index (χ0v) is 8.55. The summed E-state index contributed by atoms with van der Waals surface area (Å²) in [4.78, 5) is 10.9. The number of hydrogen-bond acceptors (Lipinski definition) is 1. The molecule has 0 aliphatic heterocycles. The molecule has 0 saturated heterocycles. The molecule has 1 amide bonds. The monoisotopic (exact) mass is 181 g/mol. The molecule has 0 heterocycles. The molecular weight excluding hydrogens is 162 g/mol. The topological polar surface area (TPSA) is 29.1 Å². The van der Waals surface area contributed by atoms with Crippen molar-refractivity contribution in [1.29, 1.82) is 0 Å². The first-order valence-electron chi connectivity index (χ1n) is 4.90. The van der Waals surface area contributed by atoms with Crippen LogP contribution in [0.1, 0.15) is 33.1 Å². The molecular formula is C11H19NO. The van der Waals surface area contributed by atoms with E-state index < -0.39 is 0 Å². The van der Waals surface area contributed by atoms with E-state index in [4.69, 9.17) is 0 Å². The third-order valence-electron chi connectivity index (χ3n) is 1.52. The average Bonchev–Trinajstić information content (AvgIpc) is 2.11. The lowest BCUT2D eigenvalue weighted by atomic mass is 10.2. The van der Waals surface area contributed by atoms with Crippen molar-refractivity contribution in [3.63, 3.8) is 0 Å². The van der Waals surface area contributed by atoms with Crippen LogP contribution in [0.4, 0.5) is 0 Å². The van der Waals surface area contributed by atoms with Crippen molar-refractivity contribution in [3.8, 4) is 0 Å². The van der Waals surface area contributed by atoms with Gasteiger partial charge < -0.3 is 5.32 Å². The number of amides is 1. The van der Waals surface area contributed by atoms with Gasteiger partial charge in [0.05, 0.1) is 0 Å². The normalized spacial score (nSPS) is 11.2. The van der Waals surface area contributed by atoms with Crippen molar-refractivity contribution >= 4 is 5.91 Å². The maximum Gasteiger partial charge on any atom is 0.243 e. The molecule has 0 atom stereocenters. The van der Waals surface area contributed by atoms with Crippen molar-refractivity contribution in [2.75, 3.05) is 6.54 Å². The molecule has 0 spiro atoms. The summed E-state index contributed by atoms with van der Waals surface area (Å²) in [6, 6.07) is 0. The standard InChI is InChI=1S/C11H19NO/c1-3-5-6-7-8-9-10-11(13)12-4-2/h5-6,9-10H,3-4,7-8H2,1-2H3,(H,12,13). The molecule has 0 unspecified atom stereocenters. The van der Waals surface area contributed by atoms with Gasteiger partial charge in [-0.05, 0) is 32.3 Å². The Hall–Kier alpha value is -1.05. The molecule has 74 valence electrons. The highest BCUT2D eigenvalue weighted by molar-refractivity contribution is 5.87. The number of likely N-dealkylation sites (N-methyl/N-ethyl adjacent to an activating group) is 1. The second-order valence-electron chi connectivity index (χ2n) is 2.75. The second kappa shape index (κ2) is 9.04. The highest BCUT2D eigenvalue weighted by Crippen LogP contribution is 1.93. The van der Waals surface area contributed by atoms with Gasteiger partial charge in [-0.2, -0.15) is 0 Å². The van der Waals surface area contributed by atoms with Gasteiger partial charge >= 0.3 is 0 Å². The van der Waals surface area contributed by atoms with Crippen LogP contribution in [0.15, 0.2) is 24.3 Å². The van der Waals surface area contributed by atoms with E-state index >= 15 is 0 Å². The molecule has 13 heavy (non-hydrogen) atoms. The molecule has 0 aliphatic rings. The van der Waals surface area contributed by atoms with E-state index in [1.165, 1.54) is 0 Å². The van der Waals surface area contributed by atoms with Crippen LogP contribution >= 0.6 is 0 Å². The summed E-state index contributed by atoms with van der Waals surface area (Å²) in [7, 11) is 0. The van der Waals surface area contributed by atoms with Gasteiger partial charge in [0.15, 0.2) is 0 Å². The molecule has 0 bridgehead atoms. The Kier molecular flexibility index (Phi) is 8.31. The smallest absolute Gasteiger partial charge is 0.243 e. The predicted octanol–water partition coefficient (Wildman–Crippen LogP) is 2.43. The SMILES string of the molecule is CCC=CCCC=CC(=O)NCC. The van der Waals surface area contributed by atoms with E-state index in [1.807, 2.05) is 13.0 Å². The van der Waals surface area contributed by atoms with Crippen LogP contribution in [0.25, 0.3) is 0 Å². The molecule has 0 fully saturated rings. The Labute approximate surface area is 80.7 Å². The van der Waals surface area contributed by atoms with Crippen molar-refractivity contribution in [3.05, 3.63) is 24.3 Å². The van der Waals surface area contributed by atoms with Gasteiger partial charge in [0, 0.05) is 6.54 Å². The first-order chi connectivity index (χ1) is 6.31. The van der Waals surface area contributed by atoms with Gasteiger partial charge in [-0.15, -0.1) is 0 Å². The second-order valence-corrected chi connectivity index (χ2v) is 2.75. The number of allylic oxidation sites excluding steroid dienone is 3. The molecule has 0 radical (unpaired) electrons. The molecule has 0 aromatic rings. The van der Waals surface area contributed by atoms with Crippen molar-refractivity contribution in [2.24, 2.45) is 0 Å². The summed E-state index contributed by atoms with van der Waals surface area (Å²) >= 11 is 0. The molecule has 0 aliphatic carbocycles. The Bertz CT molecular complexity index is 183. The van der Waals surface area contributed by atoms with E-state index in [9.17, 15) is 4.79 Å². The summed E-state index contributed by atoms with van der Waals surface area (Å²) in [5, 5.41) is 2.70. The van der Waals surface area contributed by atoms with Crippen LogP contribution in [0.5, 0.6) is 0 Å². The third-order valence-corrected chi connectivity index (χ3v) is 1.52. The van der Waals surface area contributed by atoms with Crippen LogP contribution in [-0.4, -0.2) is 12.5 Å². The highest BCUT2D eigenvalue weighted by Gasteiger charge is 1.88. The van der Waals surface area contributed by atoms with E-state index in [1.54, 1.807) is 6.08 Å². The van der Waals surface area contributed by atoms with E-state index in [0.717, 1.165) is 19.3 Å². The van der Waals surface area contributed by atoms with Crippen LogP contribution in [0, 0.1) is 0 Å². The maximum atomic E-state index is 10.9. The number of nitrogens with one attached hydrogen (secondary N) is 1. The van der Waals surface area contributed by atoms with Crippen molar-refractivity contribution in [1.82, 2.24) is 5.32 Å². The average molecular weight is 181 g/mol. The molecule has 1 N–H and O–H groups in total. The zero-order chi connectivity index (χ0) is 9.94. The Balaban J connectivity index is 3.40. The van der Waals surface area contributed by atoms with Crippen LogP contribution in [-0.2, 0) is 4.79 Å². The number of carbonyl (C=O) groups is 1. The van der Waals surface area contributed by atoms with Gasteiger partial charge in [0.25, 0.3) is 0 Å². The van der Waals surface area contributed by atoms with Crippen molar-refractivity contribution < 1.29 is 4.79 Å². The van der Waals surface area contributed by atoms with Crippen LogP contribution in [0.3, 0.4) is 0 Å². The van der Waals surface area contributed by atoms with Crippen LogP contribution < -0.4 is 5.32 Å². The van der Waals surface area contributed by atoms with Crippen LogP contribution in [0.2, 0.25) is 0 Å². The lowest BCUT2D eigenvalue weighted by Gasteiger charge is -1.93. The summed E-state index contributed by atoms with van der Waals surface area (Å²) in [5.74, 6) is 0.00183. The molecule has 0 rings (SSSR count). The Morgan fingerprint density at radius 2 is 1.85 bits per heavy atom. The predicted molar refractivity (Wildman–Crippen MR) is 56.5 cm³/mol. The molecule has 0 aromatic heterocycles. The summed E-state index contributed by atoms with van der Waals surface area (Å²) in [6.45, 7) is 4.72. The number of hydrogen-bond donors (Lipinski definition) is 1. The Morgan fingerprint density at radius 3 is 2.46 bits per heavy atom. The van der Waals surface area contributed by atoms with E-state index in [0.29, 0.717) is 6.54 Å². The van der Waals surface area contributed by atoms with E-state index in [-0.39, 0.29) is 5.91 Å². The summed E-state index contributed by atoms with van der Waals surface area (Å²) in [6.07, 6.45) is 10.8. The third kappa shape index (κ3) is 8.86. The van der Waals surface area contributed by atoms with Gasteiger partial charge in [-0.1, -0.05) is 25.2 Å². The van der Waals surface area contributed by atoms with Gasteiger partial charge in [-0.3, -0.25) is 4.79 Å². The fourth-order valence-corrected chi connectivity index (χ4v) is 0.900. The lowest BCUT2D eigenvalue weighted by molar-refractivity contribution is -0.116. The minimum atomic E-state index is 0.00183. The summed E-state index contributed by atoms with van der Waals surface area (Å²) in [5.41, 5.74) is 0. The van der Waals surface area contributed by atoms with Gasteiger partial charge in [0.1, 0.15) is 0 Å². The zero-order valence-electron chi connectivity index (χ0n) is 8.55. The van der Waals surface area contributed by atoms with Gasteiger partial charge in [-0.25, -0.2) is 0 Å². The largest absolute Gasteiger partial charge is 0.353 e. The van der Waals surface area contributed by atoms with E-state index in [2.05, 4.69) is 24.4 Å². The Morgan fingerprint density at radius 1 is 1.15 bits per heavy atom. The maximum absolute atomic E-state index is 10.9. The first-order valence-corrected chi connectivity index (χ1v) is 4.90. The van der Waals surface area contributed by atoms with Gasteiger partial charge in [0.2, 0.25) is 5.91 Å². The minimum absolute atomic E-state index is 0.00183. The molecule has 2 nitrogen and oxygen atoms in total. The molecule has 0 aromatic carbocycles. The lowest BCUT2D eigenvalue weighted by Crippen LogP contribution is -2.19. The fraction of sp³-hybridized carbons (Fsp3) is 0.545.